The number of piperazine rings is 1. The van der Waals surface area contributed by atoms with Gasteiger partial charge in [-0.15, -0.1) is 0 Å². The van der Waals surface area contributed by atoms with Crippen LogP contribution in [0, 0.1) is 5.92 Å². The molecule has 3 rings (SSSR count). The predicted molar refractivity (Wildman–Crippen MR) is 78.6 cm³/mol. The summed E-state index contributed by atoms with van der Waals surface area (Å²) in [5, 5.41) is 2.92. The van der Waals surface area contributed by atoms with E-state index in [1.807, 2.05) is 11.8 Å². The van der Waals surface area contributed by atoms with E-state index in [2.05, 4.69) is 5.32 Å². The first-order chi connectivity index (χ1) is 10.2. The van der Waals surface area contributed by atoms with Gasteiger partial charge in [-0.1, -0.05) is 6.92 Å². The monoisotopic (exact) mass is 294 g/mol. The highest BCUT2D eigenvalue weighted by Gasteiger charge is 2.50. The second-order valence-corrected chi connectivity index (χ2v) is 6.68. The topological polar surface area (TPSA) is 58.6 Å². The Labute approximate surface area is 126 Å². The van der Waals surface area contributed by atoms with Crippen molar-refractivity contribution in [3.8, 4) is 0 Å². The van der Waals surface area contributed by atoms with Crippen LogP contribution in [0.3, 0.4) is 0 Å². The summed E-state index contributed by atoms with van der Waals surface area (Å²) in [4.78, 5) is 27.2. The quantitative estimate of drug-likeness (QED) is 0.854. The Bertz CT molecular complexity index is 422. The van der Waals surface area contributed by atoms with Gasteiger partial charge >= 0.3 is 0 Å². The van der Waals surface area contributed by atoms with E-state index in [9.17, 15) is 9.59 Å². The summed E-state index contributed by atoms with van der Waals surface area (Å²) < 4.78 is 5.50. The van der Waals surface area contributed by atoms with Crippen molar-refractivity contribution in [1.29, 1.82) is 0 Å². The lowest BCUT2D eigenvalue weighted by Crippen LogP contribution is -2.66. The minimum absolute atomic E-state index is 0.0588. The number of ether oxygens (including phenoxy) is 1. The normalized spacial score (nSPS) is 37.5. The van der Waals surface area contributed by atoms with Crippen molar-refractivity contribution < 1.29 is 14.3 Å². The van der Waals surface area contributed by atoms with Crippen molar-refractivity contribution in [2.45, 2.75) is 76.1 Å². The van der Waals surface area contributed by atoms with Crippen molar-refractivity contribution in [2.24, 2.45) is 5.92 Å². The van der Waals surface area contributed by atoms with Crippen LogP contribution >= 0.6 is 0 Å². The maximum atomic E-state index is 12.8. The molecule has 1 heterocycles. The molecule has 4 atom stereocenters. The average Bonchev–Trinajstić information content (AvgIpc) is 3.33. The van der Waals surface area contributed by atoms with E-state index >= 15 is 0 Å². The summed E-state index contributed by atoms with van der Waals surface area (Å²) >= 11 is 0. The largest absolute Gasteiger partial charge is 0.381 e. The lowest BCUT2D eigenvalue weighted by molar-refractivity contribution is -0.155. The molecule has 2 aliphatic carbocycles. The highest BCUT2D eigenvalue weighted by Crippen LogP contribution is 2.40. The Morgan fingerprint density at radius 1 is 1.24 bits per heavy atom. The molecule has 1 aliphatic heterocycles. The third-order valence-electron chi connectivity index (χ3n) is 5.24. The van der Waals surface area contributed by atoms with Gasteiger partial charge in [-0.2, -0.15) is 0 Å². The average molecular weight is 294 g/mol. The molecule has 3 fully saturated rings. The SMILES string of the molecule is CCC1NC(=O)C(C2CC2)N(C2CCCC(OC)C2)C1=O. The third kappa shape index (κ3) is 2.80. The van der Waals surface area contributed by atoms with E-state index in [1.165, 1.54) is 0 Å². The number of hydrogen-bond donors (Lipinski definition) is 1. The zero-order valence-electron chi connectivity index (χ0n) is 13.0. The molecule has 3 aliphatic rings. The van der Waals surface area contributed by atoms with E-state index in [-0.39, 0.29) is 36.0 Å². The Morgan fingerprint density at radius 2 is 2.00 bits per heavy atom. The fraction of sp³-hybridized carbons (Fsp3) is 0.875. The Hall–Kier alpha value is -1.10. The Balaban J connectivity index is 1.82. The van der Waals surface area contributed by atoms with Gasteiger partial charge < -0.3 is 15.0 Å². The number of carbonyl (C=O) groups excluding carboxylic acids is 2. The van der Waals surface area contributed by atoms with Crippen molar-refractivity contribution in [1.82, 2.24) is 10.2 Å². The van der Waals surface area contributed by atoms with Crippen LogP contribution in [-0.4, -0.2) is 48.1 Å². The molecule has 118 valence electrons. The number of amides is 2. The first-order valence-corrected chi connectivity index (χ1v) is 8.31. The Kier molecular flexibility index (Phi) is 4.20. The molecule has 2 amide bonds. The van der Waals surface area contributed by atoms with Crippen LogP contribution in [0.25, 0.3) is 0 Å². The highest BCUT2D eigenvalue weighted by molar-refractivity contribution is 5.97. The number of carbonyl (C=O) groups is 2. The van der Waals surface area contributed by atoms with Crippen LogP contribution in [0.4, 0.5) is 0 Å². The Morgan fingerprint density at radius 3 is 2.62 bits per heavy atom. The van der Waals surface area contributed by atoms with E-state index in [4.69, 9.17) is 4.74 Å². The summed E-state index contributed by atoms with van der Waals surface area (Å²) in [7, 11) is 1.74. The molecule has 1 saturated heterocycles. The van der Waals surface area contributed by atoms with Gasteiger partial charge in [0.1, 0.15) is 12.1 Å². The summed E-state index contributed by atoms with van der Waals surface area (Å²) in [6, 6.07) is -0.404. The van der Waals surface area contributed by atoms with Crippen molar-refractivity contribution in [2.75, 3.05) is 7.11 Å². The van der Waals surface area contributed by atoms with Crippen LogP contribution in [0.5, 0.6) is 0 Å². The first kappa shape index (κ1) is 14.8. The number of nitrogens with zero attached hydrogens (tertiary/aromatic N) is 1. The molecular formula is C16H26N2O3. The van der Waals surface area contributed by atoms with Crippen molar-refractivity contribution in [3.63, 3.8) is 0 Å². The molecular weight excluding hydrogens is 268 g/mol. The molecule has 2 saturated carbocycles. The van der Waals surface area contributed by atoms with Gasteiger partial charge in [-0.25, -0.2) is 0 Å². The zero-order chi connectivity index (χ0) is 15.0. The predicted octanol–water partition coefficient (Wildman–Crippen LogP) is 1.46. The molecule has 1 N–H and O–H groups in total. The fourth-order valence-corrected chi connectivity index (χ4v) is 3.89. The number of nitrogens with one attached hydrogen (secondary N) is 1. The van der Waals surface area contributed by atoms with E-state index in [0.717, 1.165) is 38.5 Å². The molecule has 0 radical (unpaired) electrons. The maximum Gasteiger partial charge on any atom is 0.246 e. The van der Waals surface area contributed by atoms with Crippen LogP contribution < -0.4 is 5.32 Å². The zero-order valence-corrected chi connectivity index (χ0v) is 13.0. The minimum Gasteiger partial charge on any atom is -0.381 e. The van der Waals surface area contributed by atoms with Gasteiger partial charge in [-0.05, 0) is 50.9 Å². The summed E-state index contributed by atoms with van der Waals surface area (Å²) in [6.07, 6.45) is 7.03. The van der Waals surface area contributed by atoms with Crippen LogP contribution in [0.1, 0.15) is 51.9 Å². The standard InChI is InChI=1S/C16H26N2O3/c1-3-13-16(20)18(11-5-4-6-12(9-11)21-2)14(10-7-8-10)15(19)17-13/h10-14H,3-9H2,1-2H3,(H,17,19). The minimum atomic E-state index is -0.338. The molecule has 0 bridgehead atoms. The van der Waals surface area contributed by atoms with Crippen LogP contribution in [0.15, 0.2) is 0 Å². The second kappa shape index (κ2) is 5.95. The summed E-state index contributed by atoms with van der Waals surface area (Å²) in [5.41, 5.74) is 0. The smallest absolute Gasteiger partial charge is 0.246 e. The molecule has 21 heavy (non-hydrogen) atoms. The van der Waals surface area contributed by atoms with Gasteiger partial charge in [-0.3, -0.25) is 9.59 Å². The van der Waals surface area contributed by atoms with Crippen molar-refractivity contribution in [3.05, 3.63) is 0 Å². The van der Waals surface area contributed by atoms with E-state index < -0.39 is 0 Å². The molecule has 0 aromatic heterocycles. The van der Waals surface area contributed by atoms with Gasteiger partial charge in [0.2, 0.25) is 11.8 Å². The van der Waals surface area contributed by atoms with Crippen LogP contribution in [-0.2, 0) is 14.3 Å². The second-order valence-electron chi connectivity index (χ2n) is 6.68. The summed E-state index contributed by atoms with van der Waals surface area (Å²) in [5.74, 6) is 0.550. The van der Waals surface area contributed by atoms with Crippen molar-refractivity contribution >= 4 is 11.8 Å². The van der Waals surface area contributed by atoms with Gasteiger partial charge in [0.05, 0.1) is 6.10 Å². The van der Waals surface area contributed by atoms with Gasteiger partial charge in [0, 0.05) is 13.2 Å². The molecule has 0 aromatic rings. The van der Waals surface area contributed by atoms with Gasteiger partial charge in [0.15, 0.2) is 0 Å². The fourth-order valence-electron chi connectivity index (χ4n) is 3.89. The molecule has 4 unspecified atom stereocenters. The highest BCUT2D eigenvalue weighted by atomic mass is 16.5. The molecule has 0 aromatic carbocycles. The van der Waals surface area contributed by atoms with Crippen LogP contribution in [0.2, 0.25) is 0 Å². The first-order valence-electron chi connectivity index (χ1n) is 8.31. The van der Waals surface area contributed by atoms with Gasteiger partial charge in [0.25, 0.3) is 0 Å². The molecule has 0 spiro atoms. The van der Waals surface area contributed by atoms with E-state index in [0.29, 0.717) is 12.3 Å². The number of rotatable bonds is 4. The maximum absolute atomic E-state index is 12.8. The number of hydrogen-bond acceptors (Lipinski definition) is 3. The lowest BCUT2D eigenvalue weighted by Gasteiger charge is -2.45. The number of methoxy groups -OCH3 is 1. The van der Waals surface area contributed by atoms with E-state index in [1.54, 1.807) is 7.11 Å². The molecule has 5 heteroatoms. The lowest BCUT2D eigenvalue weighted by atomic mass is 9.88. The molecule has 5 nitrogen and oxygen atoms in total. The third-order valence-corrected chi connectivity index (χ3v) is 5.24. The summed E-state index contributed by atoms with van der Waals surface area (Å²) in [6.45, 7) is 1.96.